The van der Waals surface area contributed by atoms with Crippen LogP contribution in [0.15, 0.2) is 42.6 Å². The second-order valence-electron chi connectivity index (χ2n) is 5.18. The van der Waals surface area contributed by atoms with E-state index in [0.717, 1.165) is 30.5 Å². The van der Waals surface area contributed by atoms with Gasteiger partial charge in [-0.3, -0.25) is 4.40 Å². The molecular formula is C16H10F4N2O2. The van der Waals surface area contributed by atoms with E-state index in [1.165, 1.54) is 16.5 Å². The lowest BCUT2D eigenvalue weighted by molar-refractivity contribution is -0.137. The van der Waals surface area contributed by atoms with Gasteiger partial charge in [-0.2, -0.15) is 13.2 Å². The molecule has 0 unspecified atom stereocenters. The first-order chi connectivity index (χ1) is 11.3. The van der Waals surface area contributed by atoms with E-state index in [1.54, 1.807) is 0 Å². The lowest BCUT2D eigenvalue weighted by Crippen LogP contribution is -2.08. The molecule has 24 heavy (non-hydrogen) atoms. The molecule has 0 aliphatic carbocycles. The average Bonchev–Trinajstić information content (AvgIpc) is 2.91. The number of hydrogen-bond acceptors (Lipinski definition) is 2. The van der Waals surface area contributed by atoms with Crippen LogP contribution in [0.2, 0.25) is 0 Å². The number of benzene rings is 1. The molecule has 0 fully saturated rings. The van der Waals surface area contributed by atoms with Crippen LogP contribution in [0.5, 0.6) is 0 Å². The van der Waals surface area contributed by atoms with Crippen molar-refractivity contribution < 1.29 is 27.5 Å². The average molecular weight is 338 g/mol. The van der Waals surface area contributed by atoms with Crippen LogP contribution in [0.25, 0.3) is 5.65 Å². The van der Waals surface area contributed by atoms with Crippen LogP contribution >= 0.6 is 0 Å². The number of aromatic nitrogens is 2. The predicted octanol–water partition coefficient (Wildman–Crippen LogP) is 3.78. The molecule has 2 heterocycles. The van der Waals surface area contributed by atoms with Gasteiger partial charge in [0.05, 0.1) is 11.8 Å². The summed E-state index contributed by atoms with van der Waals surface area (Å²) in [4.78, 5) is 15.1. The first-order valence-electron chi connectivity index (χ1n) is 6.81. The summed E-state index contributed by atoms with van der Waals surface area (Å²) in [6.45, 7) is 0. The molecule has 3 aromatic rings. The van der Waals surface area contributed by atoms with Gasteiger partial charge >= 0.3 is 12.1 Å². The molecule has 0 spiro atoms. The summed E-state index contributed by atoms with van der Waals surface area (Å²) < 4.78 is 52.7. The summed E-state index contributed by atoms with van der Waals surface area (Å²) in [6.07, 6.45) is -3.28. The van der Waals surface area contributed by atoms with E-state index in [4.69, 9.17) is 0 Å². The molecule has 0 amide bonds. The fraction of sp³-hybridized carbons (Fsp3) is 0.125. The van der Waals surface area contributed by atoms with Crippen molar-refractivity contribution in [1.29, 1.82) is 0 Å². The number of rotatable bonds is 3. The summed E-state index contributed by atoms with van der Waals surface area (Å²) in [5.41, 5.74) is -0.0506. The number of halogens is 4. The van der Waals surface area contributed by atoms with Gasteiger partial charge in [-0.05, 0) is 23.8 Å². The van der Waals surface area contributed by atoms with Crippen molar-refractivity contribution in [2.24, 2.45) is 0 Å². The van der Waals surface area contributed by atoms with Gasteiger partial charge < -0.3 is 5.11 Å². The molecule has 0 atom stereocenters. The maximum atomic E-state index is 13.7. The van der Waals surface area contributed by atoms with Crippen molar-refractivity contribution in [3.63, 3.8) is 0 Å². The second-order valence-corrected chi connectivity index (χ2v) is 5.18. The Morgan fingerprint density at radius 2 is 1.83 bits per heavy atom. The third-order valence-corrected chi connectivity index (χ3v) is 3.53. The van der Waals surface area contributed by atoms with Gasteiger partial charge in [0, 0.05) is 18.2 Å². The fourth-order valence-corrected chi connectivity index (χ4v) is 2.46. The Morgan fingerprint density at radius 1 is 1.17 bits per heavy atom. The van der Waals surface area contributed by atoms with Gasteiger partial charge in [0.25, 0.3) is 0 Å². The van der Waals surface area contributed by atoms with Crippen molar-refractivity contribution in [1.82, 2.24) is 9.38 Å². The number of aromatic carboxylic acids is 1. The molecule has 1 aromatic carbocycles. The number of carboxylic acid groups (broad SMARTS) is 1. The maximum Gasteiger partial charge on any atom is 0.416 e. The number of fused-ring (bicyclic) bond motifs is 1. The molecule has 0 saturated heterocycles. The Bertz CT molecular complexity index is 914. The third-order valence-electron chi connectivity index (χ3n) is 3.53. The summed E-state index contributed by atoms with van der Waals surface area (Å²) in [5.74, 6) is -1.84. The molecule has 3 rings (SSSR count). The summed E-state index contributed by atoms with van der Waals surface area (Å²) in [7, 11) is 0. The topological polar surface area (TPSA) is 54.6 Å². The molecule has 2 aromatic heterocycles. The molecule has 0 bridgehead atoms. The summed E-state index contributed by atoms with van der Waals surface area (Å²) in [5, 5.41) is 9.18. The number of nitrogens with zero attached hydrogens (tertiary/aromatic N) is 2. The van der Waals surface area contributed by atoms with Crippen molar-refractivity contribution in [3.8, 4) is 0 Å². The third kappa shape index (κ3) is 2.94. The van der Waals surface area contributed by atoms with Gasteiger partial charge in [0.1, 0.15) is 11.5 Å². The van der Waals surface area contributed by atoms with E-state index in [1.807, 2.05) is 0 Å². The van der Waals surface area contributed by atoms with E-state index in [9.17, 15) is 27.5 Å². The number of alkyl halides is 3. The Balaban J connectivity index is 2.03. The quantitative estimate of drug-likeness (QED) is 0.740. The highest BCUT2D eigenvalue weighted by molar-refractivity contribution is 5.86. The Hall–Kier alpha value is -2.90. The molecule has 4 nitrogen and oxygen atoms in total. The first-order valence-corrected chi connectivity index (χ1v) is 6.81. The Kier molecular flexibility index (Phi) is 3.75. The molecule has 0 radical (unpaired) electrons. The van der Waals surface area contributed by atoms with Crippen LogP contribution in [-0.2, 0) is 12.6 Å². The number of pyridine rings is 1. The number of imidazole rings is 1. The standard InChI is InChI=1S/C16H10F4N2O2/c17-11-6-12(22-13(15(23)24)8-21-14(22)7-11)5-9-1-3-10(4-2-9)16(18,19)20/h1-4,6-8H,5H2,(H,23,24). The van der Waals surface area contributed by atoms with Crippen LogP contribution in [0.3, 0.4) is 0 Å². The minimum absolute atomic E-state index is 0.0586. The number of hydrogen-bond donors (Lipinski definition) is 1. The normalized spacial score (nSPS) is 11.8. The monoisotopic (exact) mass is 338 g/mol. The van der Waals surface area contributed by atoms with E-state index < -0.39 is 23.5 Å². The molecule has 0 aliphatic heterocycles. The molecule has 0 saturated carbocycles. The lowest BCUT2D eigenvalue weighted by atomic mass is 10.1. The van der Waals surface area contributed by atoms with Crippen LogP contribution < -0.4 is 0 Å². The largest absolute Gasteiger partial charge is 0.477 e. The zero-order chi connectivity index (χ0) is 17.5. The lowest BCUT2D eigenvalue weighted by Gasteiger charge is -2.10. The first kappa shape index (κ1) is 16.0. The van der Waals surface area contributed by atoms with Crippen molar-refractivity contribution in [3.05, 3.63) is 70.9 Å². The highest BCUT2D eigenvalue weighted by atomic mass is 19.4. The molecule has 1 N–H and O–H groups in total. The second kappa shape index (κ2) is 5.63. The SMILES string of the molecule is O=C(O)c1cnc2cc(F)cc(Cc3ccc(C(F)(F)F)cc3)n12. The highest BCUT2D eigenvalue weighted by Gasteiger charge is 2.30. The minimum atomic E-state index is -4.44. The van der Waals surface area contributed by atoms with Crippen LogP contribution in [0, 0.1) is 5.82 Å². The van der Waals surface area contributed by atoms with Gasteiger partial charge in [-0.25, -0.2) is 14.2 Å². The van der Waals surface area contributed by atoms with E-state index in [-0.39, 0.29) is 23.5 Å². The Morgan fingerprint density at radius 3 is 2.42 bits per heavy atom. The minimum Gasteiger partial charge on any atom is -0.477 e. The maximum absolute atomic E-state index is 13.7. The molecule has 0 aliphatic rings. The summed E-state index contributed by atoms with van der Waals surface area (Å²) in [6, 6.07) is 6.63. The van der Waals surface area contributed by atoms with Crippen molar-refractivity contribution in [2.75, 3.05) is 0 Å². The number of carbonyl (C=O) groups is 1. The van der Waals surface area contributed by atoms with Gasteiger partial charge in [0.15, 0.2) is 5.69 Å². The van der Waals surface area contributed by atoms with E-state index >= 15 is 0 Å². The smallest absolute Gasteiger partial charge is 0.416 e. The summed E-state index contributed by atoms with van der Waals surface area (Å²) >= 11 is 0. The van der Waals surface area contributed by atoms with Gasteiger partial charge in [0.2, 0.25) is 0 Å². The zero-order valence-corrected chi connectivity index (χ0v) is 12.0. The molecular weight excluding hydrogens is 328 g/mol. The fourth-order valence-electron chi connectivity index (χ4n) is 2.46. The van der Waals surface area contributed by atoms with Gasteiger partial charge in [-0.15, -0.1) is 0 Å². The number of carboxylic acids is 1. The molecule has 124 valence electrons. The van der Waals surface area contributed by atoms with E-state index in [0.29, 0.717) is 5.56 Å². The van der Waals surface area contributed by atoms with Crippen molar-refractivity contribution >= 4 is 11.6 Å². The Labute approximate surface area is 133 Å². The van der Waals surface area contributed by atoms with Crippen LogP contribution in [-0.4, -0.2) is 20.5 Å². The molecule has 8 heteroatoms. The predicted molar refractivity (Wildman–Crippen MR) is 76.4 cm³/mol. The zero-order valence-electron chi connectivity index (χ0n) is 12.0. The van der Waals surface area contributed by atoms with Crippen LogP contribution in [0.1, 0.15) is 27.3 Å². The van der Waals surface area contributed by atoms with Crippen molar-refractivity contribution in [2.45, 2.75) is 12.6 Å². The highest BCUT2D eigenvalue weighted by Crippen LogP contribution is 2.29. The van der Waals surface area contributed by atoms with Crippen LogP contribution in [0.4, 0.5) is 17.6 Å². The van der Waals surface area contributed by atoms with Gasteiger partial charge in [-0.1, -0.05) is 12.1 Å². The van der Waals surface area contributed by atoms with E-state index in [2.05, 4.69) is 4.98 Å².